The van der Waals surface area contributed by atoms with Gasteiger partial charge in [0.25, 0.3) is 0 Å². The summed E-state index contributed by atoms with van der Waals surface area (Å²) in [6.07, 6.45) is 1.12. The van der Waals surface area contributed by atoms with E-state index in [-0.39, 0.29) is 16.2 Å². The van der Waals surface area contributed by atoms with Crippen LogP contribution in [0.5, 0.6) is 0 Å². The highest BCUT2D eigenvalue weighted by Gasteiger charge is 2.20. The molecular formula is C31H41N. The van der Waals surface area contributed by atoms with Gasteiger partial charge in [0.15, 0.2) is 0 Å². The third-order valence-electron chi connectivity index (χ3n) is 6.77. The SMILES string of the molecule is CCC(C)(C)c1ccc(N(c2ccc(C(C)(C)C)cc2)c2ccc(C(C)(C)C)cc2)cc1. The standard InChI is InChI=1S/C31H41N/c1-10-31(8,9)25-15-21-28(22-16-25)32(26-17-11-23(12-18-26)29(2,3)4)27-19-13-24(14-20-27)30(5,6)7/h11-22H,10H2,1-9H3. The van der Waals surface area contributed by atoms with Crippen LogP contribution in [0.2, 0.25) is 0 Å². The fourth-order valence-corrected chi connectivity index (χ4v) is 3.93. The van der Waals surface area contributed by atoms with Crippen LogP contribution in [0, 0.1) is 0 Å². The topological polar surface area (TPSA) is 3.24 Å². The zero-order valence-electron chi connectivity index (χ0n) is 21.6. The average Bonchev–Trinajstić information content (AvgIpc) is 2.74. The van der Waals surface area contributed by atoms with Crippen LogP contribution in [-0.4, -0.2) is 0 Å². The zero-order chi connectivity index (χ0) is 23.7. The van der Waals surface area contributed by atoms with Crippen molar-refractivity contribution in [3.05, 3.63) is 89.5 Å². The molecule has 0 bridgehead atoms. The number of rotatable bonds is 5. The Hall–Kier alpha value is -2.54. The van der Waals surface area contributed by atoms with Gasteiger partial charge in [0, 0.05) is 17.1 Å². The lowest BCUT2D eigenvalue weighted by Gasteiger charge is -2.29. The van der Waals surface area contributed by atoms with Gasteiger partial charge in [-0.15, -0.1) is 0 Å². The van der Waals surface area contributed by atoms with E-state index in [1.54, 1.807) is 0 Å². The van der Waals surface area contributed by atoms with E-state index in [1.165, 1.54) is 33.8 Å². The van der Waals surface area contributed by atoms with Gasteiger partial charge in [-0.1, -0.05) is 98.7 Å². The number of hydrogen-bond donors (Lipinski definition) is 0. The molecule has 3 rings (SSSR count). The largest absolute Gasteiger partial charge is 0.311 e. The maximum Gasteiger partial charge on any atom is 0.0461 e. The molecular weight excluding hydrogens is 386 g/mol. The second-order valence-electron chi connectivity index (χ2n) is 11.7. The Bertz CT molecular complexity index is 951. The van der Waals surface area contributed by atoms with Gasteiger partial charge in [0.2, 0.25) is 0 Å². The van der Waals surface area contributed by atoms with E-state index >= 15 is 0 Å². The lowest BCUT2D eigenvalue weighted by atomic mass is 9.82. The maximum atomic E-state index is 2.36. The van der Waals surface area contributed by atoms with Crippen LogP contribution < -0.4 is 4.90 Å². The summed E-state index contributed by atoms with van der Waals surface area (Å²) in [6.45, 7) is 20.5. The maximum absolute atomic E-state index is 2.36. The van der Waals surface area contributed by atoms with Crippen LogP contribution in [0.4, 0.5) is 17.1 Å². The molecule has 0 unspecified atom stereocenters. The first kappa shape index (κ1) is 24.1. The first-order valence-corrected chi connectivity index (χ1v) is 11.9. The number of benzene rings is 3. The van der Waals surface area contributed by atoms with Gasteiger partial charge in [-0.2, -0.15) is 0 Å². The fraction of sp³-hybridized carbons (Fsp3) is 0.419. The van der Waals surface area contributed by atoms with Crippen LogP contribution in [0.1, 0.15) is 85.4 Å². The third-order valence-corrected chi connectivity index (χ3v) is 6.77. The van der Waals surface area contributed by atoms with Crippen LogP contribution >= 0.6 is 0 Å². The Balaban J connectivity index is 2.07. The number of nitrogens with zero attached hydrogens (tertiary/aromatic N) is 1. The average molecular weight is 428 g/mol. The lowest BCUT2D eigenvalue weighted by Crippen LogP contribution is -2.16. The highest BCUT2D eigenvalue weighted by Crippen LogP contribution is 2.38. The Labute approximate surface area is 196 Å². The summed E-state index contributed by atoms with van der Waals surface area (Å²) in [5.41, 5.74) is 8.12. The number of anilines is 3. The van der Waals surface area contributed by atoms with E-state index in [0.29, 0.717) is 0 Å². The van der Waals surface area contributed by atoms with E-state index in [0.717, 1.165) is 6.42 Å². The van der Waals surface area contributed by atoms with Crippen LogP contribution in [0.3, 0.4) is 0 Å². The van der Waals surface area contributed by atoms with E-state index < -0.39 is 0 Å². The van der Waals surface area contributed by atoms with Gasteiger partial charge >= 0.3 is 0 Å². The van der Waals surface area contributed by atoms with E-state index in [2.05, 4.69) is 140 Å². The van der Waals surface area contributed by atoms with Crippen molar-refractivity contribution < 1.29 is 0 Å². The minimum absolute atomic E-state index is 0.144. The third kappa shape index (κ3) is 5.26. The molecule has 0 saturated heterocycles. The van der Waals surface area contributed by atoms with Crippen molar-refractivity contribution in [2.45, 2.75) is 85.0 Å². The summed E-state index contributed by atoms with van der Waals surface area (Å²) < 4.78 is 0. The summed E-state index contributed by atoms with van der Waals surface area (Å²) in [7, 11) is 0. The summed E-state index contributed by atoms with van der Waals surface area (Å²) in [6, 6.07) is 27.2. The molecule has 0 atom stereocenters. The Morgan fingerprint density at radius 3 is 1.00 bits per heavy atom. The van der Waals surface area contributed by atoms with Crippen molar-refractivity contribution in [3.8, 4) is 0 Å². The Morgan fingerprint density at radius 2 is 0.750 bits per heavy atom. The zero-order valence-corrected chi connectivity index (χ0v) is 21.6. The second-order valence-corrected chi connectivity index (χ2v) is 11.7. The van der Waals surface area contributed by atoms with Crippen molar-refractivity contribution in [2.75, 3.05) is 4.90 Å². The van der Waals surface area contributed by atoms with Gasteiger partial charge in [-0.25, -0.2) is 0 Å². The van der Waals surface area contributed by atoms with Crippen molar-refractivity contribution >= 4 is 17.1 Å². The second kappa shape index (κ2) is 8.77. The van der Waals surface area contributed by atoms with Crippen LogP contribution in [-0.2, 0) is 16.2 Å². The molecule has 0 heterocycles. The monoisotopic (exact) mass is 427 g/mol. The van der Waals surface area contributed by atoms with E-state index in [4.69, 9.17) is 0 Å². The first-order chi connectivity index (χ1) is 14.8. The molecule has 0 spiro atoms. The van der Waals surface area contributed by atoms with E-state index in [9.17, 15) is 0 Å². The number of hydrogen-bond acceptors (Lipinski definition) is 1. The first-order valence-electron chi connectivity index (χ1n) is 11.9. The van der Waals surface area contributed by atoms with Crippen LogP contribution in [0.15, 0.2) is 72.8 Å². The molecule has 0 saturated carbocycles. The van der Waals surface area contributed by atoms with Crippen molar-refractivity contribution in [1.82, 2.24) is 0 Å². The molecule has 0 radical (unpaired) electrons. The minimum Gasteiger partial charge on any atom is -0.311 e. The molecule has 0 aromatic heterocycles. The van der Waals surface area contributed by atoms with Crippen molar-refractivity contribution in [1.29, 1.82) is 0 Å². The van der Waals surface area contributed by atoms with Crippen molar-refractivity contribution in [3.63, 3.8) is 0 Å². The van der Waals surface area contributed by atoms with Crippen molar-refractivity contribution in [2.24, 2.45) is 0 Å². The summed E-state index contributed by atoms with van der Waals surface area (Å²) >= 11 is 0. The molecule has 170 valence electrons. The quantitative estimate of drug-likeness (QED) is 0.392. The molecule has 3 aromatic rings. The predicted molar refractivity (Wildman–Crippen MR) is 142 cm³/mol. The molecule has 0 amide bonds. The van der Waals surface area contributed by atoms with E-state index in [1.807, 2.05) is 0 Å². The predicted octanol–water partition coefficient (Wildman–Crippen LogP) is 9.44. The molecule has 0 aliphatic carbocycles. The molecule has 0 aliphatic heterocycles. The molecule has 0 fully saturated rings. The highest BCUT2D eigenvalue weighted by molar-refractivity contribution is 5.77. The van der Waals surface area contributed by atoms with Crippen LogP contribution in [0.25, 0.3) is 0 Å². The molecule has 0 N–H and O–H groups in total. The fourth-order valence-electron chi connectivity index (χ4n) is 3.93. The van der Waals surface area contributed by atoms with Gasteiger partial charge in [0.05, 0.1) is 0 Å². The molecule has 3 aromatic carbocycles. The van der Waals surface area contributed by atoms with Gasteiger partial charge < -0.3 is 4.90 Å². The van der Waals surface area contributed by atoms with Gasteiger partial charge in [0.1, 0.15) is 0 Å². The normalized spacial score (nSPS) is 12.7. The molecule has 32 heavy (non-hydrogen) atoms. The van der Waals surface area contributed by atoms with Gasteiger partial charge in [-0.05, 0) is 75.8 Å². The Kier molecular flexibility index (Phi) is 6.61. The van der Waals surface area contributed by atoms with Gasteiger partial charge in [-0.3, -0.25) is 0 Å². The Morgan fingerprint density at radius 1 is 0.469 bits per heavy atom. The summed E-state index contributed by atoms with van der Waals surface area (Å²) in [5, 5.41) is 0. The summed E-state index contributed by atoms with van der Waals surface area (Å²) in [5.74, 6) is 0. The lowest BCUT2D eigenvalue weighted by molar-refractivity contribution is 0.506. The summed E-state index contributed by atoms with van der Waals surface area (Å²) in [4.78, 5) is 2.36. The highest BCUT2D eigenvalue weighted by atomic mass is 15.1. The molecule has 1 nitrogen and oxygen atoms in total. The molecule has 1 heteroatoms. The molecule has 0 aliphatic rings. The smallest absolute Gasteiger partial charge is 0.0461 e. The minimum atomic E-state index is 0.144.